The van der Waals surface area contributed by atoms with E-state index in [-0.39, 0.29) is 17.8 Å². The molecule has 27 heavy (non-hydrogen) atoms. The predicted molar refractivity (Wildman–Crippen MR) is 98.1 cm³/mol. The average Bonchev–Trinajstić information content (AvgIpc) is 2.99. The van der Waals surface area contributed by atoms with Crippen LogP contribution in [0.4, 0.5) is 8.78 Å². The highest BCUT2D eigenvalue weighted by molar-refractivity contribution is 6.31. The molecule has 2 aromatic rings. The highest BCUT2D eigenvalue weighted by Gasteiger charge is 2.41. The molecule has 2 aliphatic rings. The summed E-state index contributed by atoms with van der Waals surface area (Å²) in [5.74, 6) is 1.45. The third kappa shape index (κ3) is 3.69. The quantitative estimate of drug-likeness (QED) is 0.807. The summed E-state index contributed by atoms with van der Waals surface area (Å²) in [5, 5.41) is 3.70. The monoisotopic (exact) mass is 395 g/mol. The van der Waals surface area contributed by atoms with E-state index in [1.807, 2.05) is 18.2 Å². The second kappa shape index (κ2) is 7.52. The van der Waals surface area contributed by atoms with Crippen molar-refractivity contribution in [2.24, 2.45) is 0 Å². The fraction of sp³-hybridized carbons (Fsp3) is 0.400. The van der Waals surface area contributed by atoms with Crippen molar-refractivity contribution in [3.05, 3.63) is 52.5 Å². The molecule has 0 aliphatic carbocycles. The molecule has 144 valence electrons. The van der Waals surface area contributed by atoms with Crippen molar-refractivity contribution in [1.29, 1.82) is 0 Å². The van der Waals surface area contributed by atoms with Crippen molar-refractivity contribution in [3.63, 3.8) is 0 Å². The number of alkyl halides is 2. The summed E-state index contributed by atoms with van der Waals surface area (Å²) in [6.07, 6.45) is 2.10. The van der Waals surface area contributed by atoms with Crippen LogP contribution in [0.15, 0.2) is 36.4 Å². The lowest BCUT2D eigenvalue weighted by Crippen LogP contribution is -2.40. The van der Waals surface area contributed by atoms with Gasteiger partial charge in [-0.1, -0.05) is 23.7 Å². The van der Waals surface area contributed by atoms with Gasteiger partial charge in [-0.15, -0.1) is 0 Å². The van der Waals surface area contributed by atoms with Crippen LogP contribution in [0.2, 0.25) is 5.02 Å². The molecule has 1 N–H and O–H groups in total. The zero-order valence-electron chi connectivity index (χ0n) is 14.6. The van der Waals surface area contributed by atoms with Crippen molar-refractivity contribution in [1.82, 2.24) is 5.32 Å². The summed E-state index contributed by atoms with van der Waals surface area (Å²) < 4.78 is 41.4. The lowest BCUT2D eigenvalue weighted by atomic mass is 9.75. The van der Waals surface area contributed by atoms with E-state index in [0.717, 1.165) is 31.7 Å². The van der Waals surface area contributed by atoms with Crippen LogP contribution in [0.25, 0.3) is 0 Å². The van der Waals surface area contributed by atoms with Crippen molar-refractivity contribution in [3.8, 4) is 17.2 Å². The Bertz CT molecular complexity index is 825. The fourth-order valence-corrected chi connectivity index (χ4v) is 4.02. The summed E-state index contributed by atoms with van der Waals surface area (Å²) in [5.41, 5.74) is 1.69. The van der Waals surface area contributed by atoms with Gasteiger partial charge in [0.2, 0.25) is 0 Å². The zero-order chi connectivity index (χ0) is 18.9. The molecule has 0 amide bonds. The standard InChI is InChI=1S/C20H20ClF2NO3/c21-16-2-1-3-17(27-19(22)23)14(16)11-25-13-4-5-15-18(10-13)26-12-20(15)6-8-24-9-7-20/h1-5,10,19,24H,6-9,11-12H2. The van der Waals surface area contributed by atoms with E-state index in [0.29, 0.717) is 22.9 Å². The Balaban J connectivity index is 1.51. The van der Waals surface area contributed by atoms with Crippen molar-refractivity contribution in [2.75, 3.05) is 19.7 Å². The van der Waals surface area contributed by atoms with Gasteiger partial charge in [-0.3, -0.25) is 0 Å². The summed E-state index contributed by atoms with van der Waals surface area (Å²) in [4.78, 5) is 0. The van der Waals surface area contributed by atoms with Gasteiger partial charge >= 0.3 is 6.61 Å². The van der Waals surface area contributed by atoms with Crippen LogP contribution >= 0.6 is 11.6 Å². The molecule has 0 saturated carbocycles. The Labute approximate surface area is 161 Å². The minimum atomic E-state index is -2.92. The lowest BCUT2D eigenvalue weighted by molar-refractivity contribution is -0.0508. The Kier molecular flexibility index (Phi) is 5.10. The first-order chi connectivity index (χ1) is 13.1. The van der Waals surface area contributed by atoms with Crippen molar-refractivity contribution in [2.45, 2.75) is 31.5 Å². The van der Waals surface area contributed by atoms with Gasteiger partial charge in [0.05, 0.1) is 17.2 Å². The van der Waals surface area contributed by atoms with Gasteiger partial charge in [-0.2, -0.15) is 8.78 Å². The maximum atomic E-state index is 12.6. The molecule has 0 radical (unpaired) electrons. The number of hydrogen-bond donors (Lipinski definition) is 1. The van der Waals surface area contributed by atoms with Crippen LogP contribution in [0, 0.1) is 0 Å². The van der Waals surface area contributed by atoms with Crippen LogP contribution in [0.1, 0.15) is 24.0 Å². The largest absolute Gasteiger partial charge is 0.492 e. The van der Waals surface area contributed by atoms with Gasteiger partial charge in [0.25, 0.3) is 0 Å². The van der Waals surface area contributed by atoms with Crippen LogP contribution in [0.3, 0.4) is 0 Å². The van der Waals surface area contributed by atoms with Gasteiger partial charge in [0, 0.05) is 17.0 Å². The van der Waals surface area contributed by atoms with Gasteiger partial charge in [-0.05, 0) is 44.1 Å². The third-order valence-electron chi connectivity index (χ3n) is 5.26. The number of nitrogens with one attached hydrogen (secondary N) is 1. The Morgan fingerprint density at radius 3 is 2.78 bits per heavy atom. The molecule has 2 aromatic carbocycles. The van der Waals surface area contributed by atoms with Crippen LogP contribution < -0.4 is 19.5 Å². The zero-order valence-corrected chi connectivity index (χ0v) is 15.4. The average molecular weight is 396 g/mol. The molecular weight excluding hydrogens is 376 g/mol. The number of fused-ring (bicyclic) bond motifs is 2. The lowest BCUT2D eigenvalue weighted by Gasteiger charge is -2.32. The second-order valence-electron chi connectivity index (χ2n) is 6.86. The molecule has 4 nitrogen and oxygen atoms in total. The molecule has 0 bridgehead atoms. The molecule has 7 heteroatoms. The first kappa shape index (κ1) is 18.3. The second-order valence-corrected chi connectivity index (χ2v) is 7.27. The number of rotatable bonds is 5. The minimum Gasteiger partial charge on any atom is -0.492 e. The smallest absolute Gasteiger partial charge is 0.387 e. The van der Waals surface area contributed by atoms with Gasteiger partial charge < -0.3 is 19.5 Å². The topological polar surface area (TPSA) is 39.7 Å². The molecule has 2 aliphatic heterocycles. The Morgan fingerprint density at radius 1 is 1.19 bits per heavy atom. The Morgan fingerprint density at radius 2 is 2.00 bits per heavy atom. The van der Waals surface area contributed by atoms with Crippen LogP contribution in [0.5, 0.6) is 17.2 Å². The summed E-state index contributed by atoms with van der Waals surface area (Å²) >= 11 is 6.13. The number of hydrogen-bond acceptors (Lipinski definition) is 4. The molecule has 1 spiro atoms. The van der Waals surface area contributed by atoms with E-state index in [2.05, 4.69) is 10.1 Å². The number of benzene rings is 2. The predicted octanol–water partition coefficient (Wildman–Crippen LogP) is 4.53. The van der Waals surface area contributed by atoms with Gasteiger partial charge in [0.1, 0.15) is 23.9 Å². The molecule has 1 fully saturated rings. The van der Waals surface area contributed by atoms with E-state index in [1.54, 1.807) is 12.1 Å². The van der Waals surface area contributed by atoms with Gasteiger partial charge in [0.15, 0.2) is 0 Å². The van der Waals surface area contributed by atoms with Gasteiger partial charge in [-0.25, -0.2) is 0 Å². The fourth-order valence-electron chi connectivity index (χ4n) is 3.80. The van der Waals surface area contributed by atoms with E-state index in [9.17, 15) is 8.78 Å². The molecular formula is C20H20ClF2NO3. The number of ether oxygens (including phenoxy) is 3. The molecule has 4 rings (SSSR count). The SMILES string of the molecule is FC(F)Oc1cccc(Cl)c1COc1ccc2c(c1)OCC21CCNCC1. The first-order valence-corrected chi connectivity index (χ1v) is 9.28. The van der Waals surface area contributed by atoms with E-state index < -0.39 is 6.61 Å². The van der Waals surface area contributed by atoms with E-state index in [4.69, 9.17) is 21.1 Å². The first-order valence-electron chi connectivity index (χ1n) is 8.90. The summed E-state index contributed by atoms with van der Waals surface area (Å²) in [6.45, 7) is -0.238. The molecule has 0 aromatic heterocycles. The molecule has 0 atom stereocenters. The molecule has 1 saturated heterocycles. The highest BCUT2D eigenvalue weighted by atomic mass is 35.5. The maximum Gasteiger partial charge on any atom is 0.387 e. The Hall–Kier alpha value is -2.05. The van der Waals surface area contributed by atoms with Crippen LogP contribution in [-0.2, 0) is 12.0 Å². The molecule has 2 heterocycles. The van der Waals surface area contributed by atoms with E-state index >= 15 is 0 Å². The minimum absolute atomic E-state index is 0.0172. The van der Waals surface area contributed by atoms with Crippen LogP contribution in [-0.4, -0.2) is 26.3 Å². The summed E-state index contributed by atoms with van der Waals surface area (Å²) in [6, 6.07) is 10.4. The number of piperidine rings is 1. The highest BCUT2D eigenvalue weighted by Crippen LogP contribution is 2.45. The number of halogens is 3. The van der Waals surface area contributed by atoms with Crippen molar-refractivity contribution >= 4 is 11.6 Å². The maximum absolute atomic E-state index is 12.6. The van der Waals surface area contributed by atoms with Crippen molar-refractivity contribution < 1.29 is 23.0 Å². The molecule has 0 unspecified atom stereocenters. The normalized spacial score (nSPS) is 17.6. The third-order valence-corrected chi connectivity index (χ3v) is 5.62. The summed E-state index contributed by atoms with van der Waals surface area (Å²) in [7, 11) is 0. The van der Waals surface area contributed by atoms with E-state index in [1.165, 1.54) is 11.6 Å².